The summed E-state index contributed by atoms with van der Waals surface area (Å²) in [5.41, 5.74) is 0. The van der Waals surface area contributed by atoms with Crippen LogP contribution in [0.1, 0.15) is 52.4 Å². The molecule has 1 fully saturated rings. The minimum atomic E-state index is -2.95. The number of ether oxygens (including phenoxy) is 1. The van der Waals surface area contributed by atoms with Gasteiger partial charge in [0.2, 0.25) is 0 Å². The number of carbonyl (C=O) groups excluding carboxylic acids is 2. The van der Waals surface area contributed by atoms with Crippen molar-refractivity contribution in [2.45, 2.75) is 64.3 Å². The maximum atomic E-state index is 13.9. The number of carbonyl (C=O) groups is 2. The van der Waals surface area contributed by atoms with Crippen molar-refractivity contribution in [1.29, 1.82) is 0 Å². The van der Waals surface area contributed by atoms with Gasteiger partial charge in [0.15, 0.2) is 5.78 Å². The molecule has 0 aromatic rings. The Hall–Kier alpha value is -1.24. The van der Waals surface area contributed by atoms with E-state index >= 15 is 0 Å². The Labute approximate surface area is 136 Å². The second-order valence-corrected chi connectivity index (χ2v) is 5.98. The average molecular weight is 334 g/mol. The van der Waals surface area contributed by atoms with Crippen LogP contribution in [0.2, 0.25) is 0 Å². The minimum absolute atomic E-state index is 0.191. The summed E-state index contributed by atoms with van der Waals surface area (Å²) in [6.07, 6.45) is 0.885. The van der Waals surface area contributed by atoms with E-state index in [4.69, 9.17) is 4.74 Å². The van der Waals surface area contributed by atoms with Gasteiger partial charge in [-0.15, -0.1) is 0 Å². The van der Waals surface area contributed by atoms with Gasteiger partial charge in [0, 0.05) is 39.0 Å². The summed E-state index contributed by atoms with van der Waals surface area (Å²) in [6.45, 7) is 5.40. The zero-order valence-corrected chi connectivity index (χ0v) is 14.1. The van der Waals surface area contributed by atoms with Crippen molar-refractivity contribution >= 4 is 11.8 Å². The standard InChI is InChI=1S/C16H28F2N2O3/c1-3-6-14(21)13(12-16(17,18)7-4-2)19-15(22)20-8-5-10-23-11-9-20/h13H,3-12H2,1-2H3,(H,19,22)/t13-/m0/s1. The fourth-order valence-corrected chi connectivity index (χ4v) is 2.62. The third kappa shape index (κ3) is 7.24. The third-order valence-corrected chi connectivity index (χ3v) is 3.81. The first-order valence-corrected chi connectivity index (χ1v) is 8.43. The molecule has 0 unspecified atom stereocenters. The number of hydrogen-bond donors (Lipinski definition) is 1. The van der Waals surface area contributed by atoms with Crippen molar-refractivity contribution in [3.8, 4) is 0 Å². The molecule has 0 aromatic carbocycles. The van der Waals surface area contributed by atoms with E-state index in [9.17, 15) is 18.4 Å². The summed E-state index contributed by atoms with van der Waals surface area (Å²) in [6, 6.07) is -1.59. The maximum absolute atomic E-state index is 13.9. The Morgan fingerprint density at radius 2 is 1.96 bits per heavy atom. The molecule has 0 aromatic heterocycles. The summed E-state index contributed by atoms with van der Waals surface area (Å²) in [5, 5.41) is 2.52. The Morgan fingerprint density at radius 1 is 1.22 bits per heavy atom. The molecule has 2 amide bonds. The van der Waals surface area contributed by atoms with Crippen LogP contribution in [0.15, 0.2) is 0 Å². The summed E-state index contributed by atoms with van der Waals surface area (Å²) >= 11 is 0. The van der Waals surface area contributed by atoms with Crippen molar-refractivity contribution in [2.75, 3.05) is 26.3 Å². The number of rotatable bonds is 8. The van der Waals surface area contributed by atoms with Crippen molar-refractivity contribution in [3.63, 3.8) is 0 Å². The number of nitrogens with one attached hydrogen (secondary N) is 1. The first-order valence-electron chi connectivity index (χ1n) is 8.43. The normalized spacial score (nSPS) is 17.5. The molecule has 0 saturated carbocycles. The van der Waals surface area contributed by atoms with E-state index in [0.29, 0.717) is 45.6 Å². The Kier molecular flexibility index (Phi) is 8.44. The second kappa shape index (κ2) is 9.80. The van der Waals surface area contributed by atoms with Gasteiger partial charge in [-0.05, 0) is 12.8 Å². The maximum Gasteiger partial charge on any atom is 0.318 e. The Bertz CT molecular complexity index is 384. The van der Waals surface area contributed by atoms with E-state index < -0.39 is 24.4 Å². The zero-order chi connectivity index (χ0) is 17.3. The molecule has 1 rings (SSSR count). The van der Waals surface area contributed by atoms with E-state index in [-0.39, 0.29) is 18.6 Å². The average Bonchev–Trinajstić information content (AvgIpc) is 2.75. The lowest BCUT2D eigenvalue weighted by Gasteiger charge is -2.27. The zero-order valence-electron chi connectivity index (χ0n) is 14.1. The highest BCUT2D eigenvalue weighted by Crippen LogP contribution is 2.27. The molecule has 0 aliphatic carbocycles. The van der Waals surface area contributed by atoms with Gasteiger partial charge in [-0.2, -0.15) is 0 Å². The van der Waals surface area contributed by atoms with Crippen LogP contribution in [0.3, 0.4) is 0 Å². The first kappa shape index (κ1) is 19.8. The number of Topliss-reactive ketones (excluding diaryl/α,β-unsaturated/α-hetero) is 1. The van der Waals surface area contributed by atoms with Gasteiger partial charge in [0.1, 0.15) is 0 Å². The first-order chi connectivity index (χ1) is 10.9. The van der Waals surface area contributed by atoms with Crippen LogP contribution in [0.25, 0.3) is 0 Å². The molecule has 5 nitrogen and oxygen atoms in total. The van der Waals surface area contributed by atoms with E-state index in [0.717, 1.165) is 0 Å². The number of urea groups is 1. The van der Waals surface area contributed by atoms with Gasteiger partial charge in [0.25, 0.3) is 5.92 Å². The third-order valence-electron chi connectivity index (χ3n) is 3.81. The Balaban J connectivity index is 2.70. The molecule has 1 atom stereocenters. The van der Waals surface area contributed by atoms with Crippen LogP contribution < -0.4 is 5.32 Å². The van der Waals surface area contributed by atoms with Crippen LogP contribution >= 0.6 is 0 Å². The number of amides is 2. The fraction of sp³-hybridized carbons (Fsp3) is 0.875. The number of hydrogen-bond acceptors (Lipinski definition) is 3. The van der Waals surface area contributed by atoms with Gasteiger partial charge >= 0.3 is 6.03 Å². The van der Waals surface area contributed by atoms with Gasteiger partial charge in [-0.3, -0.25) is 4.79 Å². The lowest BCUT2D eigenvalue weighted by atomic mass is 9.99. The summed E-state index contributed by atoms with van der Waals surface area (Å²) in [4.78, 5) is 25.9. The van der Waals surface area contributed by atoms with E-state index in [1.807, 2.05) is 6.92 Å². The molecule has 23 heavy (non-hydrogen) atoms. The molecule has 1 heterocycles. The SMILES string of the molecule is CCCC(=O)[C@H](CC(F)(F)CCC)NC(=O)N1CCCOCC1. The molecule has 1 N–H and O–H groups in total. The number of nitrogens with zero attached hydrogens (tertiary/aromatic N) is 1. The van der Waals surface area contributed by atoms with Crippen LogP contribution in [0, 0.1) is 0 Å². The lowest BCUT2D eigenvalue weighted by molar-refractivity contribution is -0.124. The van der Waals surface area contributed by atoms with Crippen LogP contribution in [0.4, 0.5) is 13.6 Å². The second-order valence-electron chi connectivity index (χ2n) is 5.98. The molecule has 0 radical (unpaired) electrons. The topological polar surface area (TPSA) is 58.6 Å². The summed E-state index contributed by atoms with van der Waals surface area (Å²) < 4.78 is 33.1. The lowest BCUT2D eigenvalue weighted by Crippen LogP contribution is -2.50. The highest BCUT2D eigenvalue weighted by Gasteiger charge is 2.35. The predicted octanol–water partition coefficient (Wildman–Crippen LogP) is 2.98. The fourth-order valence-electron chi connectivity index (χ4n) is 2.62. The highest BCUT2D eigenvalue weighted by atomic mass is 19.3. The van der Waals surface area contributed by atoms with Crippen molar-refractivity contribution in [1.82, 2.24) is 10.2 Å². The van der Waals surface area contributed by atoms with Crippen LogP contribution in [0.5, 0.6) is 0 Å². The molecule has 1 saturated heterocycles. The highest BCUT2D eigenvalue weighted by molar-refractivity contribution is 5.88. The van der Waals surface area contributed by atoms with Gasteiger partial charge in [-0.1, -0.05) is 20.3 Å². The molecule has 134 valence electrons. The molecule has 1 aliphatic heterocycles. The molecular formula is C16H28F2N2O3. The Morgan fingerprint density at radius 3 is 2.61 bits per heavy atom. The smallest absolute Gasteiger partial charge is 0.318 e. The van der Waals surface area contributed by atoms with E-state index in [2.05, 4.69) is 5.32 Å². The van der Waals surface area contributed by atoms with Crippen molar-refractivity contribution < 1.29 is 23.1 Å². The molecule has 7 heteroatoms. The van der Waals surface area contributed by atoms with Gasteiger partial charge < -0.3 is 15.0 Å². The van der Waals surface area contributed by atoms with Crippen LogP contribution in [-0.2, 0) is 9.53 Å². The molecule has 0 spiro atoms. The largest absolute Gasteiger partial charge is 0.380 e. The monoisotopic (exact) mass is 334 g/mol. The number of ketones is 1. The van der Waals surface area contributed by atoms with E-state index in [1.165, 1.54) is 4.90 Å². The van der Waals surface area contributed by atoms with Gasteiger partial charge in [-0.25, -0.2) is 13.6 Å². The summed E-state index contributed by atoms with van der Waals surface area (Å²) in [7, 11) is 0. The number of alkyl halides is 2. The summed E-state index contributed by atoms with van der Waals surface area (Å²) in [5.74, 6) is -3.28. The van der Waals surface area contributed by atoms with Gasteiger partial charge in [0.05, 0.1) is 12.6 Å². The quantitative estimate of drug-likeness (QED) is 0.742. The van der Waals surface area contributed by atoms with Crippen LogP contribution in [-0.4, -0.2) is 55.0 Å². The molecular weight excluding hydrogens is 306 g/mol. The van der Waals surface area contributed by atoms with E-state index in [1.54, 1.807) is 6.92 Å². The number of halogens is 2. The van der Waals surface area contributed by atoms with Crippen molar-refractivity contribution in [2.24, 2.45) is 0 Å². The minimum Gasteiger partial charge on any atom is -0.380 e. The molecule has 0 bridgehead atoms. The van der Waals surface area contributed by atoms with Crippen molar-refractivity contribution in [3.05, 3.63) is 0 Å². The molecule has 1 aliphatic rings. The predicted molar refractivity (Wildman–Crippen MR) is 83.7 cm³/mol.